The maximum absolute atomic E-state index is 12.1. The molecule has 0 unspecified atom stereocenters. The van der Waals surface area contributed by atoms with Crippen molar-refractivity contribution in [2.24, 2.45) is 0 Å². The second kappa shape index (κ2) is 13.1. The maximum Gasteiger partial charge on any atom is 0.269 e. The summed E-state index contributed by atoms with van der Waals surface area (Å²) in [4.78, 5) is 12.1. The Morgan fingerprint density at radius 1 is 0.846 bits per heavy atom. The van der Waals surface area contributed by atoms with Crippen molar-refractivity contribution in [2.75, 3.05) is 18.5 Å². The van der Waals surface area contributed by atoms with Crippen LogP contribution in [-0.2, 0) is 0 Å². The fraction of sp³-hybridized carbons (Fsp3) is 0.471. The van der Waals surface area contributed by atoms with E-state index in [2.05, 4.69) is 46.2 Å². The third-order valence-electron chi connectivity index (χ3n) is 3.39. The number of nitrogens with one attached hydrogen (secondary N) is 6. The van der Waals surface area contributed by atoms with Crippen molar-refractivity contribution in [1.82, 2.24) is 26.9 Å². The van der Waals surface area contributed by atoms with E-state index in [0.717, 1.165) is 44.5 Å². The Balaban J connectivity index is 2.33. The smallest absolute Gasteiger partial charge is 0.269 e. The molecule has 0 saturated heterocycles. The highest BCUT2D eigenvalue weighted by Crippen LogP contribution is 2.08. The van der Waals surface area contributed by atoms with Crippen molar-refractivity contribution >= 4 is 46.3 Å². The molecule has 1 aromatic carbocycles. The minimum Gasteiger partial charge on any atom is -0.361 e. The van der Waals surface area contributed by atoms with Gasteiger partial charge < -0.3 is 10.6 Å². The highest BCUT2D eigenvalue weighted by Gasteiger charge is 2.05. The van der Waals surface area contributed by atoms with Crippen LogP contribution in [0.5, 0.6) is 0 Å². The van der Waals surface area contributed by atoms with Crippen LogP contribution in [0.2, 0.25) is 0 Å². The van der Waals surface area contributed by atoms with Crippen LogP contribution in [0.25, 0.3) is 0 Å². The van der Waals surface area contributed by atoms with Crippen LogP contribution in [-0.4, -0.2) is 29.2 Å². The summed E-state index contributed by atoms with van der Waals surface area (Å²) in [5.41, 5.74) is 12.5. The molecule has 1 amide bonds. The number of thiocarbonyl (C=S) groups is 2. The lowest BCUT2D eigenvalue weighted by molar-refractivity contribution is 0.0943. The number of benzene rings is 1. The molecule has 144 valence electrons. The van der Waals surface area contributed by atoms with Crippen molar-refractivity contribution < 1.29 is 4.79 Å². The first-order valence-corrected chi connectivity index (χ1v) is 9.62. The van der Waals surface area contributed by atoms with Gasteiger partial charge in [0, 0.05) is 18.7 Å². The van der Waals surface area contributed by atoms with Crippen LogP contribution in [0.3, 0.4) is 0 Å². The molecule has 1 rings (SSSR count). The van der Waals surface area contributed by atoms with Crippen LogP contribution in [0.15, 0.2) is 24.3 Å². The summed E-state index contributed by atoms with van der Waals surface area (Å²) < 4.78 is 0. The standard InChI is InChI=1S/C17H28N6OS2/c1-3-5-11-18-16(25)22-20-14-9-7-13(8-10-14)15(24)21-23-17(26)19-12-6-4-2/h7-10,20H,3-6,11-12H2,1-2H3,(H,21,24)(H2,18,22,25)(H2,19,23,26). The van der Waals surface area contributed by atoms with E-state index < -0.39 is 0 Å². The normalized spacial score (nSPS) is 9.77. The van der Waals surface area contributed by atoms with Gasteiger partial charge in [-0.25, -0.2) is 0 Å². The first-order chi connectivity index (χ1) is 12.6. The average molecular weight is 397 g/mol. The number of unbranched alkanes of at least 4 members (excludes halogenated alkanes) is 2. The first kappa shape index (κ1) is 21.9. The van der Waals surface area contributed by atoms with Gasteiger partial charge in [-0.05, 0) is 61.5 Å². The molecule has 9 heteroatoms. The lowest BCUT2D eigenvalue weighted by atomic mass is 10.2. The van der Waals surface area contributed by atoms with Crippen molar-refractivity contribution in [3.05, 3.63) is 29.8 Å². The molecule has 6 N–H and O–H groups in total. The summed E-state index contributed by atoms with van der Waals surface area (Å²) in [5, 5.41) is 7.05. The lowest BCUT2D eigenvalue weighted by Gasteiger charge is -2.13. The highest BCUT2D eigenvalue weighted by atomic mass is 32.1. The van der Waals surface area contributed by atoms with Gasteiger partial charge in [0.15, 0.2) is 10.2 Å². The van der Waals surface area contributed by atoms with Crippen molar-refractivity contribution in [1.29, 1.82) is 0 Å². The average Bonchev–Trinajstić information content (AvgIpc) is 2.65. The van der Waals surface area contributed by atoms with Gasteiger partial charge in [0.2, 0.25) is 0 Å². The molecule has 0 saturated carbocycles. The summed E-state index contributed by atoms with van der Waals surface area (Å²) in [7, 11) is 0. The molecule has 0 aliphatic rings. The highest BCUT2D eigenvalue weighted by molar-refractivity contribution is 7.80. The minimum atomic E-state index is -0.263. The van der Waals surface area contributed by atoms with Crippen LogP contribution in [0.4, 0.5) is 5.69 Å². The predicted octanol–water partition coefficient (Wildman–Crippen LogP) is 2.19. The minimum absolute atomic E-state index is 0.263. The Labute approximate surface area is 166 Å². The molecule has 0 atom stereocenters. The molecule has 0 aliphatic heterocycles. The fourth-order valence-corrected chi connectivity index (χ4v) is 2.17. The van der Waals surface area contributed by atoms with Gasteiger partial charge >= 0.3 is 0 Å². The largest absolute Gasteiger partial charge is 0.361 e. The van der Waals surface area contributed by atoms with Gasteiger partial charge in [0.05, 0.1) is 5.69 Å². The van der Waals surface area contributed by atoms with Gasteiger partial charge in [0.1, 0.15) is 0 Å². The van der Waals surface area contributed by atoms with E-state index in [9.17, 15) is 4.79 Å². The number of anilines is 1. The van der Waals surface area contributed by atoms with E-state index >= 15 is 0 Å². The van der Waals surface area contributed by atoms with Crippen molar-refractivity contribution in [3.63, 3.8) is 0 Å². The molecule has 0 radical (unpaired) electrons. The number of amides is 1. The number of hydrazine groups is 2. The Morgan fingerprint density at radius 2 is 1.38 bits per heavy atom. The summed E-state index contributed by atoms with van der Waals surface area (Å²) in [6.07, 6.45) is 4.28. The topological polar surface area (TPSA) is 89.2 Å². The molecule has 0 spiro atoms. The zero-order chi connectivity index (χ0) is 19.2. The molecule has 0 bridgehead atoms. The number of carbonyl (C=O) groups is 1. The second-order valence-corrected chi connectivity index (χ2v) is 6.44. The maximum atomic E-state index is 12.1. The van der Waals surface area contributed by atoms with Crippen LogP contribution >= 0.6 is 24.4 Å². The Kier molecular flexibility index (Phi) is 11.1. The Bertz CT molecular complexity index is 579. The second-order valence-electron chi connectivity index (χ2n) is 5.63. The van der Waals surface area contributed by atoms with E-state index in [0.29, 0.717) is 15.8 Å². The molecule has 26 heavy (non-hydrogen) atoms. The molecule has 0 aliphatic carbocycles. The molecular formula is C17H28N6OS2. The predicted molar refractivity (Wildman–Crippen MR) is 115 cm³/mol. The van der Waals surface area contributed by atoms with Gasteiger partial charge in [0.25, 0.3) is 5.91 Å². The molecule has 1 aromatic rings. The van der Waals surface area contributed by atoms with E-state index in [1.807, 2.05) is 0 Å². The Morgan fingerprint density at radius 3 is 1.92 bits per heavy atom. The number of hydrogen-bond donors (Lipinski definition) is 6. The van der Waals surface area contributed by atoms with E-state index in [1.165, 1.54) is 0 Å². The quantitative estimate of drug-likeness (QED) is 0.215. The van der Waals surface area contributed by atoms with Crippen LogP contribution in [0, 0.1) is 0 Å². The summed E-state index contributed by atoms with van der Waals surface area (Å²) in [6, 6.07) is 6.99. The molecular weight excluding hydrogens is 368 g/mol. The number of hydrogen-bond acceptors (Lipinski definition) is 4. The zero-order valence-electron chi connectivity index (χ0n) is 15.3. The molecule has 7 nitrogen and oxygen atoms in total. The SMILES string of the molecule is CCCCNC(=S)NNC(=O)c1ccc(NNC(=S)NCCCC)cc1. The molecule has 0 heterocycles. The summed E-state index contributed by atoms with van der Waals surface area (Å²) in [5.74, 6) is -0.263. The van der Waals surface area contributed by atoms with E-state index in [-0.39, 0.29) is 5.91 Å². The van der Waals surface area contributed by atoms with Crippen molar-refractivity contribution in [3.8, 4) is 0 Å². The van der Waals surface area contributed by atoms with Crippen LogP contribution < -0.4 is 32.3 Å². The third-order valence-corrected chi connectivity index (χ3v) is 3.88. The first-order valence-electron chi connectivity index (χ1n) is 8.81. The van der Waals surface area contributed by atoms with Gasteiger partial charge in [-0.1, -0.05) is 26.7 Å². The number of rotatable bonds is 9. The van der Waals surface area contributed by atoms with E-state index in [4.69, 9.17) is 24.4 Å². The van der Waals surface area contributed by atoms with Gasteiger partial charge in [-0.3, -0.25) is 26.5 Å². The van der Waals surface area contributed by atoms with Gasteiger partial charge in [-0.2, -0.15) is 0 Å². The third kappa shape index (κ3) is 9.38. The van der Waals surface area contributed by atoms with Crippen LogP contribution in [0.1, 0.15) is 49.9 Å². The molecule has 0 aromatic heterocycles. The van der Waals surface area contributed by atoms with E-state index in [1.54, 1.807) is 24.3 Å². The summed E-state index contributed by atoms with van der Waals surface area (Å²) in [6.45, 7) is 5.84. The zero-order valence-corrected chi connectivity index (χ0v) is 16.9. The fourth-order valence-electron chi connectivity index (χ4n) is 1.87. The Hall–Kier alpha value is -2.13. The van der Waals surface area contributed by atoms with Gasteiger partial charge in [-0.15, -0.1) is 0 Å². The monoisotopic (exact) mass is 396 g/mol. The van der Waals surface area contributed by atoms with Crippen molar-refractivity contribution in [2.45, 2.75) is 39.5 Å². The summed E-state index contributed by atoms with van der Waals surface area (Å²) >= 11 is 10.2. The molecule has 0 fully saturated rings. The number of carbonyl (C=O) groups excluding carboxylic acids is 1. The lowest BCUT2D eigenvalue weighted by Crippen LogP contribution is -2.46.